The van der Waals surface area contributed by atoms with Crippen molar-refractivity contribution in [3.63, 3.8) is 0 Å². The van der Waals surface area contributed by atoms with Crippen LogP contribution in [-0.4, -0.2) is 30.8 Å². The topological polar surface area (TPSA) is 70.5 Å². The first-order valence-electron chi connectivity index (χ1n) is 10.4. The van der Waals surface area contributed by atoms with Crippen molar-refractivity contribution < 1.29 is 46.8 Å². The van der Waals surface area contributed by atoms with Crippen LogP contribution in [0.3, 0.4) is 0 Å². The minimum atomic E-state index is -1.25. The molecule has 4 rings (SSSR count). The Kier molecular flexibility index (Phi) is 9.32. The molecule has 4 atom stereocenters. The molecular formula is C24H25N2O3S2Y-. The van der Waals surface area contributed by atoms with E-state index in [0.29, 0.717) is 12.8 Å². The molecule has 1 fully saturated rings. The third kappa shape index (κ3) is 5.81. The van der Waals surface area contributed by atoms with Gasteiger partial charge in [0.15, 0.2) is 0 Å². The van der Waals surface area contributed by atoms with Gasteiger partial charge in [-0.3, -0.25) is 13.9 Å². The van der Waals surface area contributed by atoms with Crippen LogP contribution in [0.25, 0.3) is 0 Å². The van der Waals surface area contributed by atoms with Crippen molar-refractivity contribution in [3.05, 3.63) is 82.3 Å². The van der Waals surface area contributed by atoms with Crippen LogP contribution in [0.2, 0.25) is 0 Å². The Labute approximate surface area is 220 Å². The van der Waals surface area contributed by atoms with Crippen LogP contribution in [0.15, 0.2) is 60.8 Å². The molecule has 1 N–H and O–H groups in total. The van der Waals surface area contributed by atoms with E-state index in [0.717, 1.165) is 34.7 Å². The largest absolute Gasteiger partial charge is 0.388 e. The molecule has 165 valence electrons. The van der Waals surface area contributed by atoms with Crippen molar-refractivity contribution in [1.29, 1.82) is 0 Å². The van der Waals surface area contributed by atoms with Gasteiger partial charge in [-0.1, -0.05) is 66.5 Å². The summed E-state index contributed by atoms with van der Waals surface area (Å²) in [6.07, 6.45) is 3.83. The molecule has 1 aliphatic rings. The van der Waals surface area contributed by atoms with Gasteiger partial charge in [-0.05, 0) is 36.6 Å². The molecule has 1 aliphatic heterocycles. The van der Waals surface area contributed by atoms with Crippen LogP contribution in [0.5, 0.6) is 0 Å². The number of carbonyl (C=O) groups is 1. The van der Waals surface area contributed by atoms with Gasteiger partial charge in [0, 0.05) is 44.8 Å². The van der Waals surface area contributed by atoms with E-state index in [1.165, 1.54) is 11.3 Å². The monoisotopic (exact) mass is 542 g/mol. The fourth-order valence-electron chi connectivity index (χ4n) is 3.89. The summed E-state index contributed by atoms with van der Waals surface area (Å²) in [5.41, 5.74) is 2.59. The normalized spacial score (nSPS) is 21.4. The second kappa shape index (κ2) is 11.8. The summed E-state index contributed by atoms with van der Waals surface area (Å²) < 4.78 is 12.9. The van der Waals surface area contributed by atoms with E-state index in [2.05, 4.69) is 10.4 Å². The molecule has 0 saturated carbocycles. The standard InChI is InChI=1S/C24H25N2O3S2.Y/c1-17-24(28)26(23(31(17)29)9-5-8-22-25-14-15-30-22)20-12-10-19(11-13-20)21(27)16-18-6-3-2-4-7-18;/h2-4,6-7,10-14,17,21,23,27H,5,8-9,16H2,1H3;/q-1;. The third-order valence-corrected chi connectivity index (χ3v) is 8.25. The summed E-state index contributed by atoms with van der Waals surface area (Å²) in [4.78, 5) is 18.8. The van der Waals surface area contributed by atoms with Crippen LogP contribution in [0.1, 0.15) is 42.0 Å². The second-order valence-electron chi connectivity index (χ2n) is 7.69. The van der Waals surface area contributed by atoms with E-state index >= 15 is 0 Å². The summed E-state index contributed by atoms with van der Waals surface area (Å²) in [5.74, 6) is -0.108. The summed E-state index contributed by atoms with van der Waals surface area (Å²) in [7, 11) is -1.25. The van der Waals surface area contributed by atoms with Gasteiger partial charge in [-0.2, -0.15) is 5.38 Å². The molecule has 0 aliphatic carbocycles. The fourth-order valence-corrected chi connectivity index (χ4v) is 6.10. The first-order chi connectivity index (χ1) is 15.0. The molecule has 2 heterocycles. The third-order valence-electron chi connectivity index (χ3n) is 5.60. The number of amides is 1. The molecule has 1 radical (unpaired) electrons. The maximum Gasteiger partial charge on any atom is 0.243 e. The van der Waals surface area contributed by atoms with Crippen LogP contribution in [0, 0.1) is 5.38 Å². The van der Waals surface area contributed by atoms with Crippen molar-refractivity contribution in [2.24, 2.45) is 0 Å². The van der Waals surface area contributed by atoms with Gasteiger partial charge in [0.25, 0.3) is 0 Å². The zero-order valence-corrected chi connectivity index (χ0v) is 22.4. The van der Waals surface area contributed by atoms with Crippen LogP contribution >= 0.6 is 11.3 Å². The van der Waals surface area contributed by atoms with E-state index in [-0.39, 0.29) is 44.0 Å². The minimum Gasteiger partial charge on any atom is -0.388 e. The maximum absolute atomic E-state index is 12.9. The van der Waals surface area contributed by atoms with Gasteiger partial charge in [-0.15, -0.1) is 0 Å². The van der Waals surface area contributed by atoms with Gasteiger partial charge in [0.2, 0.25) is 5.91 Å². The zero-order chi connectivity index (χ0) is 21.8. The number of benzene rings is 2. The molecular weight excluding hydrogens is 517 g/mol. The number of nitrogens with zero attached hydrogens (tertiary/aromatic N) is 2. The number of rotatable bonds is 8. The van der Waals surface area contributed by atoms with E-state index < -0.39 is 22.2 Å². The first-order valence-corrected chi connectivity index (χ1v) is 12.5. The Balaban J connectivity index is 0.00000289. The predicted octanol–water partition coefficient (Wildman–Crippen LogP) is 4.05. The number of anilines is 1. The number of hydrogen-bond acceptors (Lipinski definition) is 5. The molecule has 1 saturated heterocycles. The molecule has 1 amide bonds. The number of carbonyl (C=O) groups excluding carboxylic acids is 1. The average Bonchev–Trinajstić information content (AvgIpc) is 3.38. The van der Waals surface area contributed by atoms with Crippen LogP contribution < -0.4 is 4.90 Å². The van der Waals surface area contributed by atoms with Crippen LogP contribution in [-0.2, 0) is 61.1 Å². The Morgan fingerprint density at radius 1 is 1.19 bits per heavy atom. The summed E-state index contributed by atoms with van der Waals surface area (Å²) in [5, 5.41) is 13.7. The van der Waals surface area contributed by atoms with E-state index in [1.54, 1.807) is 18.0 Å². The number of aliphatic hydroxyl groups is 1. The van der Waals surface area contributed by atoms with Gasteiger partial charge in [-0.25, -0.2) is 0 Å². The number of aliphatic hydroxyl groups excluding tert-OH is 1. The van der Waals surface area contributed by atoms with Crippen molar-refractivity contribution in [2.45, 2.75) is 49.3 Å². The van der Waals surface area contributed by atoms with Crippen molar-refractivity contribution in [1.82, 2.24) is 4.98 Å². The quantitative estimate of drug-likeness (QED) is 0.436. The number of hydrogen-bond donors (Lipinski definition) is 1. The maximum atomic E-state index is 12.9. The molecule has 8 heteroatoms. The molecule has 2 aromatic carbocycles. The van der Waals surface area contributed by atoms with E-state index in [1.807, 2.05) is 54.6 Å². The van der Waals surface area contributed by atoms with Crippen molar-refractivity contribution in [2.75, 3.05) is 4.90 Å². The zero-order valence-electron chi connectivity index (χ0n) is 17.9. The van der Waals surface area contributed by atoms with E-state index in [9.17, 15) is 14.1 Å². The average molecular weight is 543 g/mol. The predicted molar refractivity (Wildman–Crippen MR) is 124 cm³/mol. The van der Waals surface area contributed by atoms with Gasteiger partial charge < -0.3 is 21.4 Å². The molecule has 1 aromatic heterocycles. The molecule has 0 spiro atoms. The summed E-state index contributed by atoms with van der Waals surface area (Å²) in [6.45, 7) is 1.74. The minimum absolute atomic E-state index is 0. The van der Waals surface area contributed by atoms with E-state index in [4.69, 9.17) is 0 Å². The number of aryl methyl sites for hydroxylation is 1. The number of thiazole rings is 1. The van der Waals surface area contributed by atoms with Gasteiger partial charge in [0.1, 0.15) is 10.6 Å². The number of aromatic nitrogens is 1. The second-order valence-corrected chi connectivity index (χ2v) is 10.5. The fraction of sp³-hybridized carbons (Fsp3) is 0.333. The molecule has 5 nitrogen and oxygen atoms in total. The Morgan fingerprint density at radius 3 is 2.56 bits per heavy atom. The Morgan fingerprint density at radius 2 is 1.91 bits per heavy atom. The van der Waals surface area contributed by atoms with Gasteiger partial charge in [0.05, 0.1) is 16.9 Å². The Hall–Kier alpha value is -1.25. The van der Waals surface area contributed by atoms with Crippen LogP contribution in [0.4, 0.5) is 5.69 Å². The first kappa shape index (κ1) is 25.4. The SMILES string of the molecule is CC1C(=O)N(c2ccc(C(O)Cc3ccccc3)cc2)C(CCCc2nc[c-]s2)S1=O.[Y]. The summed E-state index contributed by atoms with van der Waals surface area (Å²) >= 11 is 1.49. The smallest absolute Gasteiger partial charge is 0.243 e. The van der Waals surface area contributed by atoms with Gasteiger partial charge >= 0.3 is 0 Å². The molecule has 3 aromatic rings. The van der Waals surface area contributed by atoms with Crippen molar-refractivity contribution in [3.8, 4) is 0 Å². The molecule has 0 bridgehead atoms. The molecule has 4 unspecified atom stereocenters. The summed E-state index contributed by atoms with van der Waals surface area (Å²) in [6, 6.07) is 17.2. The van der Waals surface area contributed by atoms with Crippen molar-refractivity contribution >= 4 is 33.7 Å². The molecule has 32 heavy (non-hydrogen) atoms. The Bertz CT molecular complexity index is 1030.